The standard InChI is InChI=1S/C25H22NO/c1-4-17-13-14-26(3)22(15-17)23-16(2)9-11-21-20-12-10-18-7-5-6-8-19(18)24(20)27-25(21)23/h5-15H,4H2,1-3H3/q+1. The molecule has 0 atom stereocenters. The van der Waals surface area contributed by atoms with E-state index in [0.29, 0.717) is 0 Å². The molecule has 0 aliphatic carbocycles. The van der Waals surface area contributed by atoms with Gasteiger partial charge in [-0.2, -0.15) is 0 Å². The molecule has 132 valence electrons. The lowest BCUT2D eigenvalue weighted by Gasteiger charge is -2.06. The molecule has 0 N–H and O–H groups in total. The molecule has 0 radical (unpaired) electrons. The van der Waals surface area contributed by atoms with Crippen LogP contribution in [0.5, 0.6) is 0 Å². The molecular weight excluding hydrogens is 330 g/mol. The number of rotatable bonds is 2. The van der Waals surface area contributed by atoms with Crippen molar-refractivity contribution < 1.29 is 8.98 Å². The van der Waals surface area contributed by atoms with Crippen LogP contribution in [-0.4, -0.2) is 0 Å². The number of aromatic nitrogens is 1. The quantitative estimate of drug-likeness (QED) is 0.351. The maximum absolute atomic E-state index is 6.55. The summed E-state index contributed by atoms with van der Waals surface area (Å²) in [5.41, 5.74) is 6.90. The van der Waals surface area contributed by atoms with Crippen LogP contribution in [-0.2, 0) is 13.5 Å². The van der Waals surface area contributed by atoms with Gasteiger partial charge in [0.1, 0.15) is 18.2 Å². The third kappa shape index (κ3) is 2.37. The van der Waals surface area contributed by atoms with Gasteiger partial charge in [-0.3, -0.25) is 0 Å². The number of nitrogens with zero attached hydrogens (tertiary/aromatic N) is 1. The topological polar surface area (TPSA) is 17.0 Å². The van der Waals surface area contributed by atoms with Gasteiger partial charge >= 0.3 is 0 Å². The summed E-state index contributed by atoms with van der Waals surface area (Å²) in [6.45, 7) is 4.36. The van der Waals surface area contributed by atoms with E-state index in [-0.39, 0.29) is 0 Å². The van der Waals surface area contributed by atoms with Crippen molar-refractivity contribution in [1.82, 2.24) is 0 Å². The molecule has 0 aliphatic rings. The molecular formula is C25H22NO+. The normalized spacial score (nSPS) is 11.7. The van der Waals surface area contributed by atoms with Crippen molar-refractivity contribution in [2.45, 2.75) is 20.3 Å². The zero-order chi connectivity index (χ0) is 18.5. The average molecular weight is 352 g/mol. The van der Waals surface area contributed by atoms with E-state index in [0.717, 1.165) is 17.6 Å². The Morgan fingerprint density at radius 1 is 0.852 bits per heavy atom. The van der Waals surface area contributed by atoms with Gasteiger partial charge in [0, 0.05) is 28.3 Å². The van der Waals surface area contributed by atoms with Crippen molar-refractivity contribution in [3.05, 3.63) is 78.0 Å². The lowest BCUT2D eigenvalue weighted by atomic mass is 9.99. The predicted molar refractivity (Wildman–Crippen MR) is 112 cm³/mol. The first-order valence-electron chi connectivity index (χ1n) is 9.50. The van der Waals surface area contributed by atoms with Gasteiger partial charge in [0.2, 0.25) is 5.69 Å². The van der Waals surface area contributed by atoms with Gasteiger partial charge in [-0.05, 0) is 35.9 Å². The average Bonchev–Trinajstić information content (AvgIpc) is 3.08. The third-order valence-corrected chi connectivity index (χ3v) is 5.62. The highest BCUT2D eigenvalue weighted by atomic mass is 16.3. The first kappa shape index (κ1) is 16.1. The number of benzene rings is 3. The Hall–Kier alpha value is -3.13. The van der Waals surface area contributed by atoms with Gasteiger partial charge < -0.3 is 4.42 Å². The van der Waals surface area contributed by atoms with Crippen molar-refractivity contribution in [1.29, 1.82) is 0 Å². The van der Waals surface area contributed by atoms with Crippen LogP contribution in [0.2, 0.25) is 0 Å². The van der Waals surface area contributed by atoms with Crippen LogP contribution in [0.3, 0.4) is 0 Å². The molecule has 0 fully saturated rings. The molecule has 0 bridgehead atoms. The number of hydrogen-bond acceptors (Lipinski definition) is 1. The van der Waals surface area contributed by atoms with Gasteiger partial charge in [-0.1, -0.05) is 49.4 Å². The summed E-state index contributed by atoms with van der Waals surface area (Å²) in [6, 6.07) is 21.7. The fourth-order valence-corrected chi connectivity index (χ4v) is 4.07. The van der Waals surface area contributed by atoms with Crippen molar-refractivity contribution in [3.63, 3.8) is 0 Å². The molecule has 0 amide bonds. The molecule has 5 aromatic rings. The van der Waals surface area contributed by atoms with E-state index in [1.807, 2.05) is 0 Å². The van der Waals surface area contributed by atoms with E-state index in [1.54, 1.807) is 0 Å². The molecule has 5 rings (SSSR count). The summed E-state index contributed by atoms with van der Waals surface area (Å²) in [5, 5.41) is 4.74. The number of hydrogen-bond donors (Lipinski definition) is 0. The number of furan rings is 1. The van der Waals surface area contributed by atoms with Crippen molar-refractivity contribution in [2.24, 2.45) is 7.05 Å². The SMILES string of the molecule is CCc1cc[n+](C)c(-c2c(C)ccc3c2oc2c4ccccc4ccc32)c1. The zero-order valence-electron chi connectivity index (χ0n) is 15.9. The van der Waals surface area contributed by atoms with E-state index < -0.39 is 0 Å². The Morgan fingerprint density at radius 3 is 2.48 bits per heavy atom. The van der Waals surface area contributed by atoms with E-state index >= 15 is 0 Å². The van der Waals surface area contributed by atoms with Gasteiger partial charge in [-0.15, -0.1) is 0 Å². The van der Waals surface area contributed by atoms with Gasteiger partial charge in [0.05, 0.1) is 5.56 Å². The monoisotopic (exact) mass is 352 g/mol. The van der Waals surface area contributed by atoms with Crippen molar-refractivity contribution in [2.75, 3.05) is 0 Å². The smallest absolute Gasteiger partial charge is 0.216 e. The highest BCUT2D eigenvalue weighted by molar-refractivity contribution is 6.17. The summed E-state index contributed by atoms with van der Waals surface area (Å²) >= 11 is 0. The van der Waals surface area contributed by atoms with Crippen LogP contribution in [0.1, 0.15) is 18.1 Å². The van der Waals surface area contributed by atoms with Crippen LogP contribution in [0.4, 0.5) is 0 Å². The summed E-state index contributed by atoms with van der Waals surface area (Å²) in [4.78, 5) is 0. The number of fused-ring (bicyclic) bond motifs is 5. The second kappa shape index (κ2) is 5.95. The second-order valence-electron chi connectivity index (χ2n) is 7.28. The molecule has 0 spiro atoms. The Morgan fingerprint density at radius 2 is 1.63 bits per heavy atom. The molecule has 0 saturated heterocycles. The minimum Gasteiger partial charge on any atom is -0.454 e. The molecule has 0 aliphatic heterocycles. The van der Waals surface area contributed by atoms with Crippen LogP contribution >= 0.6 is 0 Å². The van der Waals surface area contributed by atoms with Crippen LogP contribution in [0, 0.1) is 6.92 Å². The Balaban J connectivity index is 1.93. The highest BCUT2D eigenvalue weighted by Crippen LogP contribution is 2.39. The number of aryl methyl sites for hydroxylation is 3. The van der Waals surface area contributed by atoms with Crippen molar-refractivity contribution >= 4 is 32.7 Å². The van der Waals surface area contributed by atoms with Gasteiger partial charge in [0.15, 0.2) is 6.20 Å². The van der Waals surface area contributed by atoms with E-state index in [1.165, 1.54) is 43.9 Å². The molecule has 0 unspecified atom stereocenters. The molecule has 2 heteroatoms. The summed E-state index contributed by atoms with van der Waals surface area (Å²) in [7, 11) is 2.10. The molecule has 27 heavy (non-hydrogen) atoms. The Kier molecular flexibility index (Phi) is 3.54. The minimum absolute atomic E-state index is 0.976. The highest BCUT2D eigenvalue weighted by Gasteiger charge is 2.21. The molecule has 2 heterocycles. The van der Waals surface area contributed by atoms with E-state index in [2.05, 4.69) is 92.3 Å². The van der Waals surface area contributed by atoms with Crippen LogP contribution in [0.15, 0.2) is 71.3 Å². The lowest BCUT2D eigenvalue weighted by Crippen LogP contribution is -2.30. The second-order valence-corrected chi connectivity index (χ2v) is 7.28. The van der Waals surface area contributed by atoms with E-state index in [4.69, 9.17) is 4.42 Å². The minimum atomic E-state index is 0.976. The van der Waals surface area contributed by atoms with E-state index in [9.17, 15) is 0 Å². The predicted octanol–water partition coefficient (Wildman–Crippen LogP) is 6.10. The first-order chi connectivity index (χ1) is 13.2. The number of pyridine rings is 1. The maximum atomic E-state index is 6.55. The molecule has 2 aromatic heterocycles. The Labute approximate surface area is 158 Å². The fraction of sp³-hybridized carbons (Fsp3) is 0.160. The lowest BCUT2D eigenvalue weighted by molar-refractivity contribution is -0.660. The molecule has 0 saturated carbocycles. The van der Waals surface area contributed by atoms with Crippen LogP contribution in [0.25, 0.3) is 44.0 Å². The van der Waals surface area contributed by atoms with Crippen LogP contribution < -0.4 is 4.57 Å². The summed E-state index contributed by atoms with van der Waals surface area (Å²) in [6.07, 6.45) is 3.16. The van der Waals surface area contributed by atoms with Gasteiger partial charge in [-0.25, -0.2) is 4.57 Å². The summed E-state index contributed by atoms with van der Waals surface area (Å²) in [5.74, 6) is 0. The largest absolute Gasteiger partial charge is 0.454 e. The molecule has 2 nitrogen and oxygen atoms in total. The first-order valence-corrected chi connectivity index (χ1v) is 9.50. The van der Waals surface area contributed by atoms with Crippen molar-refractivity contribution in [3.8, 4) is 11.3 Å². The third-order valence-electron chi connectivity index (χ3n) is 5.62. The van der Waals surface area contributed by atoms with Gasteiger partial charge in [0.25, 0.3) is 0 Å². The zero-order valence-corrected chi connectivity index (χ0v) is 15.9. The fourth-order valence-electron chi connectivity index (χ4n) is 4.07. The molecule has 3 aromatic carbocycles. The Bertz CT molecular complexity index is 1330. The summed E-state index contributed by atoms with van der Waals surface area (Å²) < 4.78 is 8.73. The maximum Gasteiger partial charge on any atom is 0.216 e.